The van der Waals surface area contributed by atoms with E-state index in [1.165, 1.54) is 18.0 Å². The van der Waals surface area contributed by atoms with Crippen LogP contribution < -0.4 is 0 Å². The number of nitrogens with zero attached hydrogens (tertiary/aromatic N) is 1. The van der Waals surface area contributed by atoms with Crippen LogP contribution in [0.15, 0.2) is 24.3 Å². The van der Waals surface area contributed by atoms with Gasteiger partial charge in [-0.15, -0.1) is 11.3 Å². The highest BCUT2D eigenvalue weighted by molar-refractivity contribution is 7.12. The molecular weight excluding hydrogens is 332 g/mol. The van der Waals surface area contributed by atoms with E-state index in [4.69, 9.17) is 0 Å². The van der Waals surface area contributed by atoms with Gasteiger partial charge in [-0.3, -0.25) is 9.59 Å². The third-order valence-corrected chi connectivity index (χ3v) is 4.72. The molecule has 3 nitrogen and oxygen atoms in total. The molecule has 0 saturated heterocycles. The van der Waals surface area contributed by atoms with Crippen molar-refractivity contribution >= 4 is 23.0 Å². The summed E-state index contributed by atoms with van der Waals surface area (Å²) in [5.74, 6) is -1.66. The van der Waals surface area contributed by atoms with Crippen LogP contribution in [0.3, 0.4) is 0 Å². The summed E-state index contributed by atoms with van der Waals surface area (Å²) in [5.41, 5.74) is 0.903. The Bertz CT molecular complexity index is 770. The van der Waals surface area contributed by atoms with E-state index >= 15 is 0 Å². The van der Waals surface area contributed by atoms with Gasteiger partial charge in [-0.25, -0.2) is 8.78 Å². The fourth-order valence-corrected chi connectivity index (χ4v) is 3.39. The Kier molecular flexibility index (Phi) is 5.83. The Balaban J connectivity index is 1.92. The SMILES string of the molecule is Cc1cc(C(=O)CCC(=O)N(C)Cc2ccc(F)cc2F)c(C)s1. The molecule has 0 aliphatic rings. The summed E-state index contributed by atoms with van der Waals surface area (Å²) >= 11 is 1.55. The number of rotatable bonds is 6. The predicted octanol–water partition coefficient (Wildman–Crippen LogP) is 4.26. The maximum atomic E-state index is 13.6. The number of thiophene rings is 1. The molecule has 1 aromatic carbocycles. The van der Waals surface area contributed by atoms with Crippen LogP contribution >= 0.6 is 11.3 Å². The average Bonchev–Trinajstić information content (AvgIpc) is 2.85. The monoisotopic (exact) mass is 351 g/mol. The van der Waals surface area contributed by atoms with Crippen molar-refractivity contribution in [3.05, 3.63) is 56.8 Å². The number of hydrogen-bond donors (Lipinski definition) is 0. The molecule has 1 amide bonds. The van der Waals surface area contributed by atoms with Crippen LogP contribution in [-0.2, 0) is 11.3 Å². The number of carbonyl (C=O) groups excluding carboxylic acids is 2. The minimum atomic E-state index is -0.685. The van der Waals surface area contributed by atoms with Gasteiger partial charge in [-0.2, -0.15) is 0 Å². The van der Waals surface area contributed by atoms with E-state index in [0.29, 0.717) is 5.56 Å². The van der Waals surface area contributed by atoms with Gasteiger partial charge in [-0.05, 0) is 26.0 Å². The first kappa shape index (κ1) is 18.3. The molecule has 0 N–H and O–H groups in total. The number of benzene rings is 1. The number of carbonyl (C=O) groups is 2. The van der Waals surface area contributed by atoms with E-state index in [2.05, 4.69) is 0 Å². The second kappa shape index (κ2) is 7.66. The van der Waals surface area contributed by atoms with Crippen LogP contribution in [-0.4, -0.2) is 23.6 Å². The summed E-state index contributed by atoms with van der Waals surface area (Å²) < 4.78 is 26.5. The smallest absolute Gasteiger partial charge is 0.223 e. The summed E-state index contributed by atoms with van der Waals surface area (Å²) in [6.07, 6.45) is 0.179. The number of hydrogen-bond acceptors (Lipinski definition) is 3. The zero-order valence-electron chi connectivity index (χ0n) is 13.9. The molecule has 2 rings (SSSR count). The first-order chi connectivity index (χ1) is 11.3. The van der Waals surface area contributed by atoms with Crippen molar-refractivity contribution in [1.29, 1.82) is 0 Å². The van der Waals surface area contributed by atoms with Gasteiger partial charge in [0.1, 0.15) is 11.6 Å². The lowest BCUT2D eigenvalue weighted by Gasteiger charge is -2.17. The van der Waals surface area contributed by atoms with Gasteiger partial charge in [0.25, 0.3) is 0 Å². The third-order valence-electron chi connectivity index (χ3n) is 3.76. The van der Waals surface area contributed by atoms with E-state index in [-0.39, 0.29) is 36.6 Å². The van der Waals surface area contributed by atoms with E-state index in [0.717, 1.165) is 21.9 Å². The molecule has 0 fully saturated rings. The van der Waals surface area contributed by atoms with Crippen molar-refractivity contribution in [1.82, 2.24) is 4.90 Å². The lowest BCUT2D eigenvalue weighted by molar-refractivity contribution is -0.130. The van der Waals surface area contributed by atoms with Crippen molar-refractivity contribution in [2.24, 2.45) is 0 Å². The summed E-state index contributed by atoms with van der Waals surface area (Å²) in [6, 6.07) is 5.10. The van der Waals surface area contributed by atoms with Gasteiger partial charge in [0.15, 0.2) is 5.78 Å². The van der Waals surface area contributed by atoms with Crippen LogP contribution in [0, 0.1) is 25.5 Å². The Morgan fingerprint density at radius 2 is 1.83 bits per heavy atom. The molecule has 1 heterocycles. The Hall–Kier alpha value is -2.08. The van der Waals surface area contributed by atoms with Crippen molar-refractivity contribution in [2.75, 3.05) is 7.05 Å². The highest BCUT2D eigenvalue weighted by atomic mass is 32.1. The van der Waals surface area contributed by atoms with Gasteiger partial charge in [-0.1, -0.05) is 6.07 Å². The Labute approximate surface area is 143 Å². The zero-order chi connectivity index (χ0) is 17.9. The van der Waals surface area contributed by atoms with Gasteiger partial charge < -0.3 is 4.90 Å². The lowest BCUT2D eigenvalue weighted by Crippen LogP contribution is -2.27. The maximum Gasteiger partial charge on any atom is 0.223 e. The van der Waals surface area contributed by atoms with Gasteiger partial charge in [0.2, 0.25) is 5.91 Å². The molecule has 128 valence electrons. The zero-order valence-corrected chi connectivity index (χ0v) is 14.7. The van der Waals surface area contributed by atoms with Crippen molar-refractivity contribution in [3.63, 3.8) is 0 Å². The van der Waals surface area contributed by atoms with Gasteiger partial charge >= 0.3 is 0 Å². The molecular formula is C18H19F2NO2S. The Morgan fingerprint density at radius 1 is 1.12 bits per heavy atom. The molecule has 24 heavy (non-hydrogen) atoms. The molecule has 2 aromatic rings. The topological polar surface area (TPSA) is 37.4 Å². The fourth-order valence-electron chi connectivity index (χ4n) is 2.45. The van der Waals surface area contributed by atoms with Crippen LogP contribution in [0.2, 0.25) is 0 Å². The lowest BCUT2D eigenvalue weighted by atomic mass is 10.1. The van der Waals surface area contributed by atoms with Crippen molar-refractivity contribution in [3.8, 4) is 0 Å². The average molecular weight is 351 g/mol. The molecule has 0 saturated carbocycles. The number of ketones is 1. The molecule has 0 radical (unpaired) electrons. The second-order valence-corrected chi connectivity index (χ2v) is 7.20. The molecule has 0 spiro atoms. The summed E-state index contributed by atoms with van der Waals surface area (Å²) in [7, 11) is 1.54. The highest BCUT2D eigenvalue weighted by Gasteiger charge is 2.17. The molecule has 0 aliphatic heterocycles. The van der Waals surface area contributed by atoms with E-state index in [9.17, 15) is 18.4 Å². The number of halogens is 2. The highest BCUT2D eigenvalue weighted by Crippen LogP contribution is 2.22. The quantitative estimate of drug-likeness (QED) is 0.729. The molecule has 0 atom stereocenters. The first-order valence-corrected chi connectivity index (χ1v) is 8.37. The summed E-state index contributed by atoms with van der Waals surface area (Å²) in [5, 5.41) is 0. The Morgan fingerprint density at radius 3 is 2.42 bits per heavy atom. The van der Waals surface area contributed by atoms with Crippen LogP contribution in [0.25, 0.3) is 0 Å². The normalized spacial score (nSPS) is 10.7. The van der Waals surface area contributed by atoms with E-state index in [1.807, 2.05) is 19.9 Å². The molecule has 0 bridgehead atoms. The molecule has 0 aliphatic carbocycles. The van der Waals surface area contributed by atoms with Crippen LogP contribution in [0.4, 0.5) is 8.78 Å². The number of aryl methyl sites for hydroxylation is 2. The van der Waals surface area contributed by atoms with E-state index < -0.39 is 11.6 Å². The van der Waals surface area contributed by atoms with Gasteiger partial charge in [0, 0.05) is 53.4 Å². The molecule has 0 unspecified atom stereocenters. The van der Waals surface area contributed by atoms with E-state index in [1.54, 1.807) is 11.3 Å². The second-order valence-electron chi connectivity index (χ2n) is 5.74. The minimum Gasteiger partial charge on any atom is -0.341 e. The van der Waals surface area contributed by atoms with Crippen LogP contribution in [0.1, 0.15) is 38.5 Å². The predicted molar refractivity (Wildman–Crippen MR) is 90.2 cm³/mol. The summed E-state index contributed by atoms with van der Waals surface area (Å²) in [6.45, 7) is 3.86. The largest absolute Gasteiger partial charge is 0.341 e. The van der Waals surface area contributed by atoms with Crippen molar-refractivity contribution < 1.29 is 18.4 Å². The van der Waals surface area contributed by atoms with Crippen LogP contribution in [0.5, 0.6) is 0 Å². The van der Waals surface area contributed by atoms with Gasteiger partial charge in [0.05, 0.1) is 0 Å². The minimum absolute atomic E-state index is 0.0374. The summed E-state index contributed by atoms with van der Waals surface area (Å²) in [4.78, 5) is 27.7. The molecule has 1 aromatic heterocycles. The van der Waals surface area contributed by atoms with Crippen molar-refractivity contribution in [2.45, 2.75) is 33.2 Å². The first-order valence-electron chi connectivity index (χ1n) is 7.56. The number of amides is 1. The number of Topliss-reactive ketones (excluding diaryl/α,β-unsaturated/α-hetero) is 1. The maximum absolute atomic E-state index is 13.6. The fraction of sp³-hybridized carbons (Fsp3) is 0.333. The standard InChI is InChI=1S/C18H19F2NO2S/c1-11-8-15(12(2)24-11)17(22)6-7-18(23)21(3)10-13-4-5-14(19)9-16(13)20/h4-5,8-9H,6-7,10H2,1-3H3. The molecule has 6 heteroatoms. The third kappa shape index (κ3) is 4.47.